The molecule has 1 heterocycles. The first-order valence-corrected chi connectivity index (χ1v) is 12.6. The number of benzene rings is 2. The summed E-state index contributed by atoms with van der Waals surface area (Å²) < 4.78 is 0. The highest BCUT2D eigenvalue weighted by Crippen LogP contribution is 2.38. The lowest BCUT2D eigenvalue weighted by molar-refractivity contribution is -0.138. The zero-order chi connectivity index (χ0) is 22.8. The summed E-state index contributed by atoms with van der Waals surface area (Å²) in [7, 11) is 0. The molecule has 174 valence electrons. The number of nitrogens with zero attached hydrogens (tertiary/aromatic N) is 1. The quantitative estimate of drug-likeness (QED) is 0.582. The van der Waals surface area contributed by atoms with E-state index < -0.39 is 5.97 Å². The smallest absolute Gasteiger partial charge is 0.322 e. The number of rotatable bonds is 5. The minimum Gasteiger partial charge on any atom is -0.481 e. The van der Waals surface area contributed by atoms with Crippen molar-refractivity contribution in [2.24, 2.45) is 5.92 Å². The molecule has 5 nitrogen and oxygen atoms in total. The van der Waals surface area contributed by atoms with Crippen LogP contribution in [0.4, 0.5) is 10.5 Å². The van der Waals surface area contributed by atoms with E-state index in [1.165, 1.54) is 35.1 Å². The molecule has 2 saturated carbocycles. The fraction of sp³-hybridized carbons (Fsp3) is 0.500. The van der Waals surface area contributed by atoms with Crippen molar-refractivity contribution in [3.63, 3.8) is 0 Å². The number of carbonyl (C=O) groups is 2. The number of urea groups is 1. The molecule has 2 fully saturated rings. The predicted molar refractivity (Wildman–Crippen MR) is 131 cm³/mol. The second-order valence-corrected chi connectivity index (χ2v) is 10.1. The number of fused-ring (bicyclic) bond motifs is 1. The molecule has 2 aromatic rings. The number of anilines is 1. The minimum atomic E-state index is -0.672. The summed E-state index contributed by atoms with van der Waals surface area (Å²) in [5.41, 5.74) is 6.06. The highest BCUT2D eigenvalue weighted by atomic mass is 16.4. The van der Waals surface area contributed by atoms with Gasteiger partial charge in [0.15, 0.2) is 0 Å². The lowest BCUT2D eigenvalue weighted by Crippen LogP contribution is -2.43. The van der Waals surface area contributed by atoms with E-state index in [0.29, 0.717) is 24.3 Å². The second kappa shape index (κ2) is 9.58. The third kappa shape index (κ3) is 4.92. The number of hydrogen-bond acceptors (Lipinski definition) is 2. The molecule has 0 unspecified atom stereocenters. The van der Waals surface area contributed by atoms with E-state index in [0.717, 1.165) is 57.2 Å². The molecule has 0 spiro atoms. The van der Waals surface area contributed by atoms with Gasteiger partial charge in [0.25, 0.3) is 0 Å². The van der Waals surface area contributed by atoms with Gasteiger partial charge in [-0.15, -0.1) is 0 Å². The van der Waals surface area contributed by atoms with Gasteiger partial charge in [0.2, 0.25) is 0 Å². The number of aliphatic carboxylic acids is 1. The highest BCUT2D eigenvalue weighted by Gasteiger charge is 2.28. The van der Waals surface area contributed by atoms with Crippen LogP contribution in [-0.2, 0) is 11.2 Å². The van der Waals surface area contributed by atoms with Gasteiger partial charge in [0, 0.05) is 24.7 Å². The molecule has 0 aromatic heterocycles. The van der Waals surface area contributed by atoms with Crippen molar-refractivity contribution >= 4 is 17.7 Å². The maximum atomic E-state index is 12.8. The predicted octanol–water partition coefficient (Wildman–Crippen LogP) is 6.12. The molecule has 0 bridgehead atoms. The van der Waals surface area contributed by atoms with Gasteiger partial charge in [0.05, 0.1) is 0 Å². The number of hydrogen-bond donors (Lipinski definition) is 2. The molecular weight excluding hydrogens is 412 g/mol. The van der Waals surface area contributed by atoms with E-state index in [1.54, 1.807) is 0 Å². The van der Waals surface area contributed by atoms with Crippen molar-refractivity contribution in [1.29, 1.82) is 0 Å². The van der Waals surface area contributed by atoms with E-state index in [1.807, 2.05) is 4.90 Å². The largest absolute Gasteiger partial charge is 0.481 e. The van der Waals surface area contributed by atoms with Crippen LogP contribution < -0.4 is 10.2 Å². The van der Waals surface area contributed by atoms with Crippen molar-refractivity contribution < 1.29 is 14.7 Å². The van der Waals surface area contributed by atoms with Crippen LogP contribution in [0.1, 0.15) is 74.8 Å². The average molecular weight is 447 g/mol. The van der Waals surface area contributed by atoms with Gasteiger partial charge >= 0.3 is 12.0 Å². The lowest BCUT2D eigenvalue weighted by Gasteiger charge is -2.28. The van der Waals surface area contributed by atoms with Crippen molar-refractivity contribution in [2.45, 2.75) is 76.2 Å². The molecule has 0 atom stereocenters. The molecule has 33 heavy (non-hydrogen) atoms. The van der Waals surface area contributed by atoms with Gasteiger partial charge in [-0.1, -0.05) is 43.2 Å². The molecular formula is C28H34N2O3. The summed E-state index contributed by atoms with van der Waals surface area (Å²) in [5, 5.41) is 12.2. The first-order valence-electron chi connectivity index (χ1n) is 12.6. The van der Waals surface area contributed by atoms with E-state index >= 15 is 0 Å². The van der Waals surface area contributed by atoms with Crippen LogP contribution in [0.3, 0.4) is 0 Å². The molecule has 1 aliphatic heterocycles. The Morgan fingerprint density at radius 2 is 1.61 bits per heavy atom. The maximum absolute atomic E-state index is 12.8. The Bertz CT molecular complexity index is 1000. The average Bonchev–Trinajstić information content (AvgIpc) is 3.49. The Kier molecular flexibility index (Phi) is 6.39. The zero-order valence-corrected chi connectivity index (χ0v) is 19.3. The Labute approximate surface area is 196 Å². The molecule has 0 saturated heterocycles. The lowest BCUT2D eigenvalue weighted by atomic mass is 9.77. The van der Waals surface area contributed by atoms with Crippen LogP contribution in [0.25, 0.3) is 11.1 Å². The molecule has 2 N–H and O–H groups in total. The van der Waals surface area contributed by atoms with Crippen molar-refractivity contribution in [1.82, 2.24) is 5.32 Å². The summed E-state index contributed by atoms with van der Waals surface area (Å²) in [5.74, 6) is 0.204. The van der Waals surface area contributed by atoms with Gasteiger partial charge in [-0.2, -0.15) is 0 Å². The van der Waals surface area contributed by atoms with E-state index in [9.17, 15) is 9.59 Å². The van der Waals surface area contributed by atoms with Crippen molar-refractivity contribution in [3.05, 3.63) is 53.6 Å². The minimum absolute atomic E-state index is 0.0517. The second-order valence-electron chi connectivity index (χ2n) is 10.1. The topological polar surface area (TPSA) is 69.6 Å². The number of amides is 2. The first kappa shape index (κ1) is 22.0. The fourth-order valence-electron chi connectivity index (χ4n) is 6.01. The molecule has 2 aromatic carbocycles. The Morgan fingerprint density at radius 1 is 0.909 bits per heavy atom. The number of carbonyl (C=O) groups excluding carboxylic acids is 1. The Morgan fingerprint density at radius 3 is 2.30 bits per heavy atom. The molecule has 5 rings (SSSR count). The molecule has 2 amide bonds. The monoisotopic (exact) mass is 446 g/mol. The number of carboxylic acids is 1. The summed E-state index contributed by atoms with van der Waals surface area (Å²) in [6, 6.07) is 15.8. The van der Waals surface area contributed by atoms with Gasteiger partial charge in [-0.05, 0) is 91.2 Å². The maximum Gasteiger partial charge on any atom is 0.322 e. The van der Waals surface area contributed by atoms with Crippen LogP contribution in [0.5, 0.6) is 0 Å². The molecule has 0 radical (unpaired) electrons. The standard InChI is InChI=1S/C28H34N2O3/c31-27(32)17-19-5-7-20(8-6-19)21-9-11-22(12-10-21)23-13-14-26-24(18-23)15-16-30(26)28(33)29-25-3-1-2-4-25/h9-14,18-20,25H,1-8,15-17H2,(H,29,33)(H,31,32). The molecule has 2 aliphatic carbocycles. The molecule has 5 heteroatoms. The number of carboxylic acid groups (broad SMARTS) is 1. The highest BCUT2D eigenvalue weighted by molar-refractivity contribution is 5.95. The van der Waals surface area contributed by atoms with E-state index in [2.05, 4.69) is 47.8 Å². The van der Waals surface area contributed by atoms with Gasteiger partial charge in [0.1, 0.15) is 0 Å². The van der Waals surface area contributed by atoms with E-state index in [-0.39, 0.29) is 6.03 Å². The zero-order valence-electron chi connectivity index (χ0n) is 19.3. The van der Waals surface area contributed by atoms with Gasteiger partial charge in [-0.25, -0.2) is 4.79 Å². The summed E-state index contributed by atoms with van der Waals surface area (Å²) in [6.07, 6.45) is 10.0. The third-order valence-electron chi connectivity index (χ3n) is 7.93. The fourth-order valence-corrected chi connectivity index (χ4v) is 6.01. The molecule has 3 aliphatic rings. The van der Waals surface area contributed by atoms with Gasteiger partial charge < -0.3 is 10.4 Å². The summed E-state index contributed by atoms with van der Waals surface area (Å²) in [6.45, 7) is 0.751. The van der Waals surface area contributed by atoms with Crippen LogP contribution in [-0.4, -0.2) is 29.7 Å². The number of nitrogens with one attached hydrogen (secondary N) is 1. The Hall–Kier alpha value is -2.82. The van der Waals surface area contributed by atoms with Gasteiger partial charge in [-0.3, -0.25) is 9.69 Å². The van der Waals surface area contributed by atoms with Crippen LogP contribution in [0.2, 0.25) is 0 Å². The summed E-state index contributed by atoms with van der Waals surface area (Å²) in [4.78, 5) is 25.6. The van der Waals surface area contributed by atoms with Crippen molar-refractivity contribution in [2.75, 3.05) is 11.4 Å². The van der Waals surface area contributed by atoms with Crippen molar-refractivity contribution in [3.8, 4) is 11.1 Å². The Balaban J connectivity index is 1.23. The van der Waals surface area contributed by atoms with E-state index in [4.69, 9.17) is 5.11 Å². The SMILES string of the molecule is O=C(O)CC1CCC(c2ccc(-c3ccc4c(c3)CCN4C(=O)NC3CCCC3)cc2)CC1. The van der Waals surface area contributed by atoms with Crippen LogP contribution in [0.15, 0.2) is 42.5 Å². The normalized spacial score (nSPS) is 22.8. The first-order chi connectivity index (χ1) is 16.1. The third-order valence-corrected chi connectivity index (χ3v) is 7.93. The van der Waals surface area contributed by atoms with Crippen LogP contribution >= 0.6 is 0 Å². The van der Waals surface area contributed by atoms with Crippen LogP contribution in [0, 0.1) is 5.92 Å². The summed E-state index contributed by atoms with van der Waals surface area (Å²) >= 11 is 0.